The maximum atomic E-state index is 11.6. The van der Waals surface area contributed by atoms with Gasteiger partial charge in [0.15, 0.2) is 0 Å². The Balaban J connectivity index is 1.42. The number of piperidine rings is 1. The number of allylic oxidation sites excluding steroid dienone is 1. The van der Waals surface area contributed by atoms with Gasteiger partial charge in [0.05, 0.1) is 17.6 Å². The van der Waals surface area contributed by atoms with Gasteiger partial charge in [0.25, 0.3) is 0 Å². The van der Waals surface area contributed by atoms with Crippen LogP contribution in [0.4, 0.5) is 11.5 Å². The molecule has 4 heterocycles. The average Bonchev–Trinajstić information content (AvgIpc) is 3.20. The molecule has 3 aliphatic rings. The van der Waals surface area contributed by atoms with Crippen molar-refractivity contribution in [3.63, 3.8) is 0 Å². The Morgan fingerprint density at radius 2 is 1.97 bits per heavy atom. The molecule has 0 unspecified atom stereocenters. The lowest BCUT2D eigenvalue weighted by Crippen LogP contribution is -2.46. The number of nitrogens with zero attached hydrogens (tertiary/aromatic N) is 5. The molecule has 2 aliphatic heterocycles. The number of hydrogen-bond donors (Lipinski definition) is 1. The Bertz CT molecular complexity index is 1180. The summed E-state index contributed by atoms with van der Waals surface area (Å²) in [6.07, 6.45) is 10.3. The largest absolute Gasteiger partial charge is 0.363 e. The van der Waals surface area contributed by atoms with E-state index >= 15 is 0 Å². The summed E-state index contributed by atoms with van der Waals surface area (Å²) >= 11 is 6.36. The van der Waals surface area contributed by atoms with E-state index in [1.54, 1.807) is 6.33 Å². The number of halogens is 1. The Labute approximate surface area is 193 Å². The van der Waals surface area contributed by atoms with E-state index in [-0.39, 0.29) is 12.1 Å². The van der Waals surface area contributed by atoms with Crippen LogP contribution in [0.25, 0.3) is 6.08 Å². The Morgan fingerprint density at radius 1 is 1.19 bits per heavy atom. The summed E-state index contributed by atoms with van der Waals surface area (Å²) in [6.45, 7) is 4.43. The zero-order chi connectivity index (χ0) is 22.5. The predicted molar refractivity (Wildman–Crippen MR) is 127 cm³/mol. The molecule has 1 N–H and O–H groups in total. The molecule has 0 spiro atoms. The van der Waals surface area contributed by atoms with Crippen molar-refractivity contribution in [2.45, 2.75) is 51.2 Å². The second-order valence-corrected chi connectivity index (χ2v) is 11.1. The lowest BCUT2D eigenvalue weighted by molar-refractivity contribution is 0.458. The minimum atomic E-state index is -3.20. The fraction of sp³-hybridized carbons (Fsp3) is 0.500. The van der Waals surface area contributed by atoms with E-state index in [2.05, 4.69) is 48.5 Å². The molecule has 8 nitrogen and oxygen atoms in total. The van der Waals surface area contributed by atoms with Crippen molar-refractivity contribution in [2.24, 2.45) is 0 Å². The summed E-state index contributed by atoms with van der Waals surface area (Å²) in [5.74, 6) is 0.956. The van der Waals surface area contributed by atoms with Gasteiger partial charge >= 0.3 is 0 Å². The summed E-state index contributed by atoms with van der Waals surface area (Å²) < 4.78 is 25.9. The summed E-state index contributed by atoms with van der Waals surface area (Å²) in [4.78, 5) is 18.4. The van der Waals surface area contributed by atoms with Gasteiger partial charge in [0.2, 0.25) is 10.0 Å². The second kappa shape index (κ2) is 8.28. The molecular weight excluding hydrogens is 448 g/mol. The number of pyridine rings is 1. The standard InChI is InChI=1S/C22H27ClN6O2S/c1-14-10-19-17(12-29(14)20-11-21(23)26-18-5-3-4-16(18)20)22(25-13-24-19)28-8-6-15(7-9-28)27-32(2,30)31/h3-4,11,13-15,27H,5-10,12H2,1-2H3/t14-/m1/s1. The van der Waals surface area contributed by atoms with E-state index in [1.165, 1.54) is 6.26 Å². The van der Waals surface area contributed by atoms with Crippen molar-refractivity contribution in [3.05, 3.63) is 46.1 Å². The fourth-order valence-corrected chi connectivity index (χ4v) is 6.07. The summed E-state index contributed by atoms with van der Waals surface area (Å²) in [5, 5.41) is 0.519. The summed E-state index contributed by atoms with van der Waals surface area (Å²) in [7, 11) is -3.20. The highest BCUT2D eigenvalue weighted by molar-refractivity contribution is 7.88. The molecule has 1 atom stereocenters. The first kappa shape index (κ1) is 21.6. The molecule has 0 amide bonds. The van der Waals surface area contributed by atoms with Gasteiger partial charge in [-0.3, -0.25) is 0 Å². The number of hydrogen-bond acceptors (Lipinski definition) is 7. The quantitative estimate of drug-likeness (QED) is 0.681. The van der Waals surface area contributed by atoms with Crippen LogP contribution in [0.15, 0.2) is 18.5 Å². The first-order chi connectivity index (χ1) is 15.3. The minimum Gasteiger partial charge on any atom is -0.363 e. The Morgan fingerprint density at radius 3 is 2.72 bits per heavy atom. The van der Waals surface area contributed by atoms with E-state index in [0.29, 0.717) is 11.7 Å². The second-order valence-electron chi connectivity index (χ2n) is 8.89. The topological polar surface area (TPSA) is 91.3 Å². The van der Waals surface area contributed by atoms with Crippen LogP contribution in [0.3, 0.4) is 0 Å². The van der Waals surface area contributed by atoms with Gasteiger partial charge in [-0.1, -0.05) is 23.8 Å². The van der Waals surface area contributed by atoms with Gasteiger partial charge in [0, 0.05) is 61.4 Å². The Kier molecular flexibility index (Phi) is 5.59. The van der Waals surface area contributed by atoms with Gasteiger partial charge in [0.1, 0.15) is 17.3 Å². The molecule has 0 saturated carbocycles. The number of fused-ring (bicyclic) bond motifs is 2. The number of aromatic nitrogens is 3. The molecule has 170 valence electrons. The highest BCUT2D eigenvalue weighted by Crippen LogP contribution is 2.38. The maximum absolute atomic E-state index is 11.6. The third kappa shape index (κ3) is 4.21. The first-order valence-corrected chi connectivity index (χ1v) is 13.2. The minimum absolute atomic E-state index is 0.0243. The van der Waals surface area contributed by atoms with Crippen LogP contribution in [-0.4, -0.2) is 54.8 Å². The summed E-state index contributed by atoms with van der Waals surface area (Å²) in [6, 6.07) is 2.21. The molecule has 5 rings (SSSR count). The van der Waals surface area contributed by atoms with E-state index in [1.807, 2.05) is 6.07 Å². The van der Waals surface area contributed by atoms with Crippen molar-refractivity contribution < 1.29 is 8.42 Å². The molecule has 1 saturated heterocycles. The highest BCUT2D eigenvalue weighted by Gasteiger charge is 2.32. The average molecular weight is 475 g/mol. The lowest BCUT2D eigenvalue weighted by Gasteiger charge is -2.40. The van der Waals surface area contributed by atoms with E-state index < -0.39 is 10.0 Å². The van der Waals surface area contributed by atoms with Crippen molar-refractivity contribution >= 4 is 39.2 Å². The van der Waals surface area contributed by atoms with Crippen molar-refractivity contribution in [1.29, 1.82) is 0 Å². The predicted octanol–water partition coefficient (Wildman–Crippen LogP) is 2.56. The molecule has 1 fully saturated rings. The third-order valence-electron chi connectivity index (χ3n) is 6.53. The zero-order valence-electron chi connectivity index (χ0n) is 18.3. The normalized spacial score (nSPS) is 21.0. The molecule has 32 heavy (non-hydrogen) atoms. The SMILES string of the molecule is C[C@@H]1Cc2ncnc(N3CCC(NS(C)(=O)=O)CC3)c2CN1c1cc(Cl)nc2c1C=CC2. The van der Waals surface area contributed by atoms with Crippen LogP contribution >= 0.6 is 11.6 Å². The van der Waals surface area contributed by atoms with Crippen LogP contribution in [0.1, 0.15) is 42.3 Å². The smallest absolute Gasteiger partial charge is 0.208 e. The van der Waals surface area contributed by atoms with Crippen LogP contribution in [-0.2, 0) is 29.4 Å². The third-order valence-corrected chi connectivity index (χ3v) is 7.48. The van der Waals surface area contributed by atoms with Crippen molar-refractivity contribution in [3.8, 4) is 0 Å². The molecule has 1 aliphatic carbocycles. The van der Waals surface area contributed by atoms with Gasteiger partial charge < -0.3 is 9.80 Å². The molecule has 2 aromatic rings. The molecule has 0 radical (unpaired) electrons. The fourth-order valence-electron chi connectivity index (χ4n) is 5.02. The molecule has 10 heteroatoms. The van der Waals surface area contributed by atoms with Crippen molar-refractivity contribution in [2.75, 3.05) is 29.1 Å². The number of sulfonamides is 1. The van der Waals surface area contributed by atoms with E-state index in [4.69, 9.17) is 11.6 Å². The summed E-state index contributed by atoms with van der Waals surface area (Å²) in [5.41, 5.74) is 5.51. The van der Waals surface area contributed by atoms with Crippen LogP contribution in [0.2, 0.25) is 5.15 Å². The molecule has 0 bridgehead atoms. The maximum Gasteiger partial charge on any atom is 0.208 e. The van der Waals surface area contributed by atoms with Gasteiger partial charge in [-0.25, -0.2) is 28.1 Å². The van der Waals surface area contributed by atoms with E-state index in [9.17, 15) is 8.42 Å². The monoisotopic (exact) mass is 474 g/mol. The highest BCUT2D eigenvalue weighted by atomic mass is 35.5. The van der Waals surface area contributed by atoms with Crippen LogP contribution in [0, 0.1) is 0 Å². The number of anilines is 2. The molecule has 0 aromatic carbocycles. The zero-order valence-corrected chi connectivity index (χ0v) is 19.8. The van der Waals surface area contributed by atoms with Gasteiger partial charge in [-0.05, 0) is 25.8 Å². The number of rotatable bonds is 4. The molecule has 2 aromatic heterocycles. The lowest BCUT2D eigenvalue weighted by atomic mass is 9.97. The van der Waals surface area contributed by atoms with Crippen LogP contribution in [0.5, 0.6) is 0 Å². The Hall–Kier alpha value is -2.23. The number of nitrogens with one attached hydrogen (secondary N) is 1. The van der Waals surface area contributed by atoms with Gasteiger partial charge in [-0.2, -0.15) is 0 Å². The van der Waals surface area contributed by atoms with Gasteiger partial charge in [-0.15, -0.1) is 0 Å². The molecular formula is C22H27ClN6O2S. The first-order valence-electron chi connectivity index (χ1n) is 11.0. The van der Waals surface area contributed by atoms with Crippen LogP contribution < -0.4 is 14.5 Å². The van der Waals surface area contributed by atoms with E-state index in [0.717, 1.165) is 72.8 Å². The van der Waals surface area contributed by atoms with Crippen molar-refractivity contribution in [1.82, 2.24) is 19.7 Å².